The van der Waals surface area contributed by atoms with Crippen LogP contribution in [0.15, 0.2) is 42.5 Å². The summed E-state index contributed by atoms with van der Waals surface area (Å²) in [7, 11) is 0. The Balaban J connectivity index is 1.12. The number of rotatable bonds is 4. The van der Waals surface area contributed by atoms with Gasteiger partial charge in [-0.25, -0.2) is 0 Å². The van der Waals surface area contributed by atoms with Crippen LogP contribution >= 0.6 is 0 Å². The van der Waals surface area contributed by atoms with E-state index >= 15 is 0 Å². The first-order valence-electron chi connectivity index (χ1n) is 12.0. The van der Waals surface area contributed by atoms with Crippen molar-refractivity contribution in [2.45, 2.75) is 44.6 Å². The number of fused-ring (bicyclic) bond motifs is 1. The molecule has 6 heteroatoms. The number of benzene rings is 2. The van der Waals surface area contributed by atoms with Gasteiger partial charge in [-0.1, -0.05) is 36.4 Å². The summed E-state index contributed by atoms with van der Waals surface area (Å²) in [4.78, 5) is 42.0. The second-order valence-corrected chi connectivity index (χ2v) is 9.48. The summed E-state index contributed by atoms with van der Waals surface area (Å²) in [5, 5.41) is 5.26. The molecule has 0 spiro atoms. The molecule has 2 saturated heterocycles. The molecular weight excluding hydrogens is 402 g/mol. The van der Waals surface area contributed by atoms with E-state index in [2.05, 4.69) is 5.32 Å². The normalized spacial score (nSPS) is 20.4. The van der Waals surface area contributed by atoms with Crippen molar-refractivity contribution < 1.29 is 14.4 Å². The third-order valence-corrected chi connectivity index (χ3v) is 7.25. The van der Waals surface area contributed by atoms with Crippen LogP contribution in [0.2, 0.25) is 0 Å². The zero-order valence-electron chi connectivity index (χ0n) is 18.5. The molecule has 1 saturated carbocycles. The van der Waals surface area contributed by atoms with Crippen LogP contribution < -0.4 is 5.32 Å². The smallest absolute Gasteiger partial charge is 0.254 e. The fourth-order valence-corrected chi connectivity index (χ4v) is 5.08. The van der Waals surface area contributed by atoms with Crippen molar-refractivity contribution in [2.24, 2.45) is 11.8 Å². The van der Waals surface area contributed by atoms with E-state index in [1.165, 1.54) is 0 Å². The molecule has 32 heavy (non-hydrogen) atoms. The zero-order chi connectivity index (χ0) is 22.1. The number of hydrogen-bond acceptors (Lipinski definition) is 3. The third-order valence-electron chi connectivity index (χ3n) is 7.25. The van der Waals surface area contributed by atoms with Crippen LogP contribution in [0.5, 0.6) is 0 Å². The Kier molecular flexibility index (Phi) is 5.85. The van der Waals surface area contributed by atoms with Gasteiger partial charge in [-0.15, -0.1) is 0 Å². The lowest BCUT2D eigenvalue weighted by atomic mass is 9.93. The summed E-state index contributed by atoms with van der Waals surface area (Å²) in [5.41, 5.74) is 0.735. The Hall–Kier alpha value is -2.89. The summed E-state index contributed by atoms with van der Waals surface area (Å²) >= 11 is 0. The van der Waals surface area contributed by atoms with Crippen LogP contribution in [0.4, 0.5) is 0 Å². The first-order valence-corrected chi connectivity index (χ1v) is 12.0. The number of nitrogens with zero attached hydrogens (tertiary/aromatic N) is 2. The van der Waals surface area contributed by atoms with E-state index in [0.717, 1.165) is 55.1 Å². The summed E-state index contributed by atoms with van der Waals surface area (Å²) in [6, 6.07) is 14.0. The Morgan fingerprint density at radius 1 is 0.719 bits per heavy atom. The summed E-state index contributed by atoms with van der Waals surface area (Å²) in [6.07, 6.45) is 5.14. The van der Waals surface area contributed by atoms with Gasteiger partial charge in [-0.05, 0) is 55.4 Å². The molecule has 0 unspecified atom stereocenters. The van der Waals surface area contributed by atoms with Crippen molar-refractivity contribution >= 4 is 28.5 Å². The van der Waals surface area contributed by atoms with Crippen LogP contribution in [0.3, 0.4) is 0 Å². The van der Waals surface area contributed by atoms with Crippen molar-refractivity contribution in [1.29, 1.82) is 0 Å². The van der Waals surface area contributed by atoms with Crippen molar-refractivity contribution in [1.82, 2.24) is 15.1 Å². The first kappa shape index (κ1) is 21.0. The molecule has 3 amide bonds. The number of carbonyl (C=O) groups excluding carboxylic acids is 3. The van der Waals surface area contributed by atoms with Crippen molar-refractivity contribution in [3.8, 4) is 0 Å². The standard InChI is InChI=1S/C26H31N3O3/c30-24(27-21-12-16-28(17-13-21)25(31)20-8-9-20)19-10-14-29(15-11-19)26(32)23-7-3-5-18-4-1-2-6-22(18)23/h1-7,19-21H,8-17H2,(H,27,30). The van der Waals surface area contributed by atoms with Crippen LogP contribution in [0, 0.1) is 11.8 Å². The molecule has 2 aliphatic heterocycles. The average Bonchev–Trinajstić information content (AvgIpc) is 3.69. The Labute approximate surface area is 188 Å². The van der Waals surface area contributed by atoms with Gasteiger partial charge in [0.25, 0.3) is 5.91 Å². The molecule has 6 nitrogen and oxygen atoms in total. The molecule has 3 aliphatic rings. The molecule has 168 valence electrons. The molecule has 2 heterocycles. The molecule has 2 aromatic rings. The minimum absolute atomic E-state index is 0.0438. The molecule has 0 atom stereocenters. The maximum Gasteiger partial charge on any atom is 0.254 e. The predicted octanol–water partition coefficient (Wildman–Crippen LogP) is 3.21. The first-order chi connectivity index (χ1) is 15.6. The molecular formula is C26H31N3O3. The van der Waals surface area contributed by atoms with E-state index in [-0.39, 0.29) is 29.7 Å². The predicted molar refractivity (Wildman–Crippen MR) is 123 cm³/mol. The minimum Gasteiger partial charge on any atom is -0.353 e. The van der Waals surface area contributed by atoms with Gasteiger partial charge in [0.2, 0.25) is 11.8 Å². The lowest BCUT2D eigenvalue weighted by Crippen LogP contribution is -2.49. The third kappa shape index (κ3) is 4.36. The molecule has 0 aromatic heterocycles. The van der Waals surface area contributed by atoms with E-state index in [1.54, 1.807) is 0 Å². The topological polar surface area (TPSA) is 69.7 Å². The Morgan fingerprint density at radius 2 is 1.38 bits per heavy atom. The number of nitrogens with one attached hydrogen (secondary N) is 1. The van der Waals surface area contributed by atoms with Gasteiger partial charge in [0, 0.05) is 49.6 Å². The number of amides is 3. The van der Waals surface area contributed by atoms with Crippen LogP contribution in [-0.4, -0.2) is 59.7 Å². The highest BCUT2D eigenvalue weighted by atomic mass is 16.2. The number of hydrogen-bond donors (Lipinski definition) is 1. The van der Waals surface area contributed by atoms with Crippen molar-refractivity contribution in [3.05, 3.63) is 48.0 Å². The lowest BCUT2D eigenvalue weighted by Gasteiger charge is -2.35. The van der Waals surface area contributed by atoms with Crippen molar-refractivity contribution in [3.63, 3.8) is 0 Å². The van der Waals surface area contributed by atoms with E-state index in [4.69, 9.17) is 0 Å². The maximum absolute atomic E-state index is 13.1. The van der Waals surface area contributed by atoms with E-state index < -0.39 is 0 Å². The zero-order valence-corrected chi connectivity index (χ0v) is 18.5. The molecule has 0 bridgehead atoms. The molecule has 1 aliphatic carbocycles. The second-order valence-electron chi connectivity index (χ2n) is 9.48. The number of likely N-dealkylation sites (tertiary alicyclic amines) is 2. The van der Waals surface area contributed by atoms with Gasteiger partial charge in [0.1, 0.15) is 0 Å². The van der Waals surface area contributed by atoms with Gasteiger partial charge in [0.05, 0.1) is 0 Å². The van der Waals surface area contributed by atoms with Gasteiger partial charge < -0.3 is 15.1 Å². The monoisotopic (exact) mass is 433 g/mol. The fraction of sp³-hybridized carbons (Fsp3) is 0.500. The number of carbonyl (C=O) groups is 3. The minimum atomic E-state index is -0.0438. The number of piperidine rings is 2. The molecule has 2 aromatic carbocycles. The van der Waals surface area contributed by atoms with Gasteiger partial charge in [-0.3, -0.25) is 14.4 Å². The van der Waals surface area contributed by atoms with Crippen LogP contribution in [0.25, 0.3) is 10.8 Å². The summed E-state index contributed by atoms with van der Waals surface area (Å²) in [6.45, 7) is 2.71. The Bertz CT molecular complexity index is 1010. The highest BCUT2D eigenvalue weighted by Crippen LogP contribution is 2.32. The summed E-state index contributed by atoms with van der Waals surface area (Å²) in [5.74, 6) is 0.682. The lowest BCUT2D eigenvalue weighted by molar-refractivity contribution is -0.133. The highest BCUT2D eigenvalue weighted by Gasteiger charge is 2.35. The highest BCUT2D eigenvalue weighted by molar-refractivity contribution is 6.07. The second kappa shape index (κ2) is 8.93. The van der Waals surface area contributed by atoms with Gasteiger partial charge in [0.15, 0.2) is 0 Å². The average molecular weight is 434 g/mol. The van der Waals surface area contributed by atoms with E-state index in [1.807, 2.05) is 52.3 Å². The van der Waals surface area contributed by atoms with Crippen LogP contribution in [-0.2, 0) is 9.59 Å². The molecule has 3 fully saturated rings. The van der Waals surface area contributed by atoms with Gasteiger partial charge in [-0.2, -0.15) is 0 Å². The van der Waals surface area contributed by atoms with Crippen molar-refractivity contribution in [2.75, 3.05) is 26.2 Å². The van der Waals surface area contributed by atoms with Gasteiger partial charge >= 0.3 is 0 Å². The molecule has 1 N–H and O–H groups in total. The molecule has 0 radical (unpaired) electrons. The largest absolute Gasteiger partial charge is 0.353 e. The van der Waals surface area contributed by atoms with Crippen LogP contribution in [0.1, 0.15) is 48.9 Å². The quantitative estimate of drug-likeness (QED) is 0.805. The van der Waals surface area contributed by atoms with E-state index in [9.17, 15) is 14.4 Å². The summed E-state index contributed by atoms with van der Waals surface area (Å²) < 4.78 is 0. The fourth-order valence-electron chi connectivity index (χ4n) is 5.08. The SMILES string of the molecule is O=C(NC1CCN(C(=O)C2CC2)CC1)C1CCN(C(=O)c2cccc3ccccc23)CC1. The molecule has 5 rings (SSSR count). The maximum atomic E-state index is 13.1. The van der Waals surface area contributed by atoms with E-state index in [0.29, 0.717) is 31.8 Å². The Morgan fingerprint density at radius 3 is 2.09 bits per heavy atom.